The van der Waals surface area contributed by atoms with Crippen molar-refractivity contribution in [1.29, 1.82) is 0 Å². The first-order valence-electron chi connectivity index (χ1n) is 4.70. The van der Waals surface area contributed by atoms with E-state index in [1.165, 1.54) is 25.7 Å². The molecule has 2 rings (SSSR count). The lowest BCUT2D eigenvalue weighted by atomic mass is 9.77. The van der Waals surface area contributed by atoms with Crippen molar-refractivity contribution in [2.45, 2.75) is 38.6 Å². The second kappa shape index (κ2) is 2.84. The normalized spacial score (nSPS) is 41.7. The lowest BCUT2D eigenvalue weighted by Gasteiger charge is -2.31. The molecule has 0 amide bonds. The second-order valence-electron chi connectivity index (χ2n) is 3.70. The van der Waals surface area contributed by atoms with Gasteiger partial charge in [0.15, 0.2) is 0 Å². The van der Waals surface area contributed by atoms with Crippen LogP contribution in [0.4, 0.5) is 0 Å². The summed E-state index contributed by atoms with van der Waals surface area (Å²) in [7, 11) is 0. The van der Waals surface area contributed by atoms with Gasteiger partial charge in [-0.2, -0.15) is 5.10 Å². The predicted molar refractivity (Wildman–Crippen MR) is 46.5 cm³/mol. The molecular weight excluding hydrogens is 136 g/mol. The molecular formula is C9H16N2. The van der Waals surface area contributed by atoms with Gasteiger partial charge in [0, 0.05) is 12.1 Å². The van der Waals surface area contributed by atoms with Gasteiger partial charge >= 0.3 is 0 Å². The molecule has 1 saturated carbocycles. The zero-order valence-corrected chi connectivity index (χ0v) is 7.09. The monoisotopic (exact) mass is 152 g/mol. The number of fused-ring (bicyclic) bond motifs is 1. The Morgan fingerprint density at radius 3 is 3.27 bits per heavy atom. The number of hydrogen-bond acceptors (Lipinski definition) is 2. The highest BCUT2D eigenvalue weighted by molar-refractivity contribution is 5.63. The van der Waals surface area contributed by atoms with Gasteiger partial charge in [0.25, 0.3) is 0 Å². The molecule has 3 atom stereocenters. The molecule has 0 spiro atoms. The van der Waals surface area contributed by atoms with E-state index in [1.807, 2.05) is 0 Å². The van der Waals surface area contributed by atoms with Gasteiger partial charge in [-0.25, -0.2) is 0 Å². The van der Waals surface area contributed by atoms with E-state index in [1.54, 1.807) is 0 Å². The number of nitrogens with zero attached hydrogens (tertiary/aromatic N) is 1. The summed E-state index contributed by atoms with van der Waals surface area (Å²) in [5, 5.41) is 4.15. The minimum absolute atomic E-state index is 0.675. The summed E-state index contributed by atoms with van der Waals surface area (Å²) < 4.78 is 0. The third kappa shape index (κ3) is 1.15. The Morgan fingerprint density at radius 2 is 2.45 bits per heavy atom. The molecule has 1 aliphatic carbocycles. The van der Waals surface area contributed by atoms with Gasteiger partial charge in [-0.3, -0.25) is 0 Å². The van der Waals surface area contributed by atoms with Crippen LogP contribution in [0.1, 0.15) is 32.6 Å². The topological polar surface area (TPSA) is 24.4 Å². The standard InChI is InChI=1S/C9H16N2/c1-2-7-4-3-5-8-6-10-11-9(7)8/h6-9,11H,2-5H2,1H3. The van der Waals surface area contributed by atoms with Gasteiger partial charge in [0.05, 0.1) is 6.04 Å². The molecule has 0 saturated heterocycles. The molecule has 2 heteroatoms. The maximum atomic E-state index is 4.15. The summed E-state index contributed by atoms with van der Waals surface area (Å²) in [5.74, 6) is 1.62. The van der Waals surface area contributed by atoms with Gasteiger partial charge < -0.3 is 5.43 Å². The largest absolute Gasteiger partial charge is 0.306 e. The summed E-state index contributed by atoms with van der Waals surface area (Å²) in [6.45, 7) is 2.28. The average Bonchev–Trinajstić information content (AvgIpc) is 2.50. The first-order chi connectivity index (χ1) is 5.42. The van der Waals surface area contributed by atoms with Crippen LogP contribution in [0.5, 0.6) is 0 Å². The molecule has 0 radical (unpaired) electrons. The Bertz CT molecular complexity index is 165. The molecule has 0 aromatic heterocycles. The van der Waals surface area contributed by atoms with E-state index in [-0.39, 0.29) is 0 Å². The zero-order chi connectivity index (χ0) is 7.68. The number of hydrogen-bond donors (Lipinski definition) is 1. The van der Waals surface area contributed by atoms with Crippen molar-refractivity contribution in [2.75, 3.05) is 0 Å². The first kappa shape index (κ1) is 7.14. The number of nitrogens with one attached hydrogen (secondary N) is 1. The van der Waals surface area contributed by atoms with E-state index in [0.717, 1.165) is 11.8 Å². The zero-order valence-electron chi connectivity index (χ0n) is 7.09. The molecule has 0 aromatic rings. The Hall–Kier alpha value is -0.530. The van der Waals surface area contributed by atoms with Crippen molar-refractivity contribution >= 4 is 6.21 Å². The highest BCUT2D eigenvalue weighted by atomic mass is 15.3. The van der Waals surface area contributed by atoms with E-state index < -0.39 is 0 Å². The van der Waals surface area contributed by atoms with Gasteiger partial charge in [0.1, 0.15) is 0 Å². The number of rotatable bonds is 1. The molecule has 11 heavy (non-hydrogen) atoms. The Balaban J connectivity index is 2.04. The van der Waals surface area contributed by atoms with Crippen LogP contribution in [0.3, 0.4) is 0 Å². The van der Waals surface area contributed by atoms with Crippen LogP contribution in [-0.2, 0) is 0 Å². The molecule has 62 valence electrons. The fourth-order valence-corrected chi connectivity index (χ4v) is 2.38. The third-order valence-electron chi connectivity index (χ3n) is 3.10. The van der Waals surface area contributed by atoms with E-state index in [4.69, 9.17) is 0 Å². The fraction of sp³-hybridized carbons (Fsp3) is 0.889. The van der Waals surface area contributed by atoms with Crippen molar-refractivity contribution in [3.05, 3.63) is 0 Å². The van der Waals surface area contributed by atoms with Crippen LogP contribution in [0.15, 0.2) is 5.10 Å². The van der Waals surface area contributed by atoms with Crippen molar-refractivity contribution in [3.8, 4) is 0 Å². The lowest BCUT2D eigenvalue weighted by molar-refractivity contribution is 0.241. The minimum Gasteiger partial charge on any atom is -0.306 e. The molecule has 1 aliphatic heterocycles. The highest BCUT2D eigenvalue weighted by Gasteiger charge is 2.33. The third-order valence-corrected chi connectivity index (χ3v) is 3.10. The molecule has 3 unspecified atom stereocenters. The summed E-state index contributed by atoms with van der Waals surface area (Å²) in [5.41, 5.74) is 3.23. The van der Waals surface area contributed by atoms with Crippen LogP contribution in [0.25, 0.3) is 0 Å². The molecule has 2 nitrogen and oxygen atoms in total. The van der Waals surface area contributed by atoms with Crippen LogP contribution >= 0.6 is 0 Å². The van der Waals surface area contributed by atoms with Crippen molar-refractivity contribution < 1.29 is 0 Å². The maximum Gasteiger partial charge on any atom is 0.0546 e. The van der Waals surface area contributed by atoms with Crippen LogP contribution in [0, 0.1) is 11.8 Å². The second-order valence-corrected chi connectivity index (χ2v) is 3.70. The lowest BCUT2D eigenvalue weighted by Crippen LogP contribution is -2.38. The summed E-state index contributed by atoms with van der Waals surface area (Å²) in [6.07, 6.45) is 7.54. The minimum atomic E-state index is 0.675. The molecule has 2 aliphatic rings. The van der Waals surface area contributed by atoms with Crippen LogP contribution in [-0.4, -0.2) is 12.3 Å². The average molecular weight is 152 g/mol. The molecule has 0 bridgehead atoms. The summed E-state index contributed by atoms with van der Waals surface area (Å²) in [6, 6.07) is 0.675. The Labute approximate surface area is 68.1 Å². The van der Waals surface area contributed by atoms with Gasteiger partial charge in [0.2, 0.25) is 0 Å². The van der Waals surface area contributed by atoms with E-state index >= 15 is 0 Å². The SMILES string of the molecule is CCC1CCCC2C=NNC21. The smallest absolute Gasteiger partial charge is 0.0546 e. The molecule has 0 aromatic carbocycles. The molecule has 1 fully saturated rings. The van der Waals surface area contributed by atoms with E-state index in [0.29, 0.717) is 6.04 Å². The van der Waals surface area contributed by atoms with Crippen LogP contribution < -0.4 is 5.43 Å². The van der Waals surface area contributed by atoms with Gasteiger partial charge in [-0.15, -0.1) is 0 Å². The quantitative estimate of drug-likeness (QED) is 0.608. The molecule has 1 N–H and O–H groups in total. The van der Waals surface area contributed by atoms with E-state index in [2.05, 4.69) is 23.7 Å². The maximum absolute atomic E-state index is 4.15. The van der Waals surface area contributed by atoms with Gasteiger partial charge in [-0.1, -0.05) is 19.8 Å². The first-order valence-corrected chi connectivity index (χ1v) is 4.70. The van der Waals surface area contributed by atoms with Crippen LogP contribution in [0.2, 0.25) is 0 Å². The Kier molecular flexibility index (Phi) is 1.84. The highest BCUT2D eigenvalue weighted by Crippen LogP contribution is 2.32. The van der Waals surface area contributed by atoms with Crippen molar-refractivity contribution in [2.24, 2.45) is 16.9 Å². The van der Waals surface area contributed by atoms with Gasteiger partial charge in [-0.05, 0) is 18.8 Å². The van der Waals surface area contributed by atoms with Crippen molar-refractivity contribution in [1.82, 2.24) is 5.43 Å². The number of hydrazone groups is 1. The van der Waals surface area contributed by atoms with Crippen molar-refractivity contribution in [3.63, 3.8) is 0 Å². The predicted octanol–water partition coefficient (Wildman–Crippen LogP) is 1.77. The Morgan fingerprint density at radius 1 is 1.55 bits per heavy atom. The summed E-state index contributed by atoms with van der Waals surface area (Å²) in [4.78, 5) is 0. The fourth-order valence-electron chi connectivity index (χ4n) is 2.38. The molecule has 1 heterocycles. The summed E-state index contributed by atoms with van der Waals surface area (Å²) >= 11 is 0. The van der Waals surface area contributed by atoms with E-state index in [9.17, 15) is 0 Å².